The molecule has 0 aliphatic carbocycles. The number of methoxy groups -OCH3 is 1. The minimum atomic E-state index is -0.377. The summed E-state index contributed by atoms with van der Waals surface area (Å²) < 4.78 is 4.85. The maximum absolute atomic E-state index is 10.6. The molecule has 0 aromatic heterocycles. The summed E-state index contributed by atoms with van der Waals surface area (Å²) in [5, 5.41) is 10.6. The van der Waals surface area contributed by atoms with E-state index in [1.54, 1.807) is 0 Å². The van der Waals surface area contributed by atoms with E-state index in [-0.39, 0.29) is 12.2 Å². The van der Waals surface area contributed by atoms with Crippen LogP contribution in [0.15, 0.2) is 0 Å². The van der Waals surface area contributed by atoms with Gasteiger partial charge >= 0.3 is 0 Å². The fraction of sp³-hybridized carbons (Fsp3) is 0.833. The van der Waals surface area contributed by atoms with Crippen molar-refractivity contribution >= 4 is 6.21 Å². The summed E-state index contributed by atoms with van der Waals surface area (Å²) in [6.07, 6.45) is 1.85. The molecule has 0 N–H and O–H groups in total. The van der Waals surface area contributed by atoms with Crippen LogP contribution in [-0.4, -0.2) is 24.5 Å². The molecule has 0 radical (unpaired) electrons. The van der Waals surface area contributed by atoms with Gasteiger partial charge in [0.1, 0.15) is 0 Å². The van der Waals surface area contributed by atoms with Gasteiger partial charge in [0.2, 0.25) is 6.21 Å². The topological polar surface area (TPSA) is 44.5 Å². The number of rotatable bonds is 1. The van der Waals surface area contributed by atoms with Gasteiger partial charge in [-0.25, -0.2) is 0 Å². The lowest BCUT2D eigenvalue weighted by Crippen LogP contribution is -2.30. The third-order valence-corrected chi connectivity index (χ3v) is 1.42. The minimum absolute atomic E-state index is 0.233. The molecule has 0 aromatic rings. The fourth-order valence-electron chi connectivity index (χ4n) is 0.906. The molecule has 0 amide bonds. The van der Waals surface area contributed by atoms with Crippen molar-refractivity contribution in [2.24, 2.45) is 5.92 Å². The van der Waals surface area contributed by atoms with Crippen LogP contribution in [0.3, 0.4) is 0 Å². The van der Waals surface area contributed by atoms with E-state index in [1.165, 1.54) is 13.3 Å². The molecule has 4 nitrogen and oxygen atoms in total. The molecule has 1 rings (SSSR count). The normalized spacial score (nSPS) is 32.8. The van der Waals surface area contributed by atoms with E-state index in [9.17, 15) is 5.21 Å². The Labute approximate surface area is 59.6 Å². The van der Waals surface area contributed by atoms with Crippen molar-refractivity contribution in [2.45, 2.75) is 19.6 Å². The van der Waals surface area contributed by atoms with Gasteiger partial charge in [-0.05, 0) is 0 Å². The molecule has 1 aliphatic rings. The monoisotopic (exact) mass is 145 g/mol. The summed E-state index contributed by atoms with van der Waals surface area (Å²) >= 11 is 0. The molecule has 1 aliphatic heterocycles. The van der Waals surface area contributed by atoms with E-state index in [2.05, 4.69) is 0 Å². The Balaban J connectivity index is 2.52. The third-order valence-electron chi connectivity index (χ3n) is 1.42. The zero-order chi connectivity index (χ0) is 7.56. The van der Waals surface area contributed by atoms with Gasteiger partial charge in [0.05, 0.1) is 0 Å². The first kappa shape index (κ1) is 7.34. The lowest BCUT2D eigenvalue weighted by Gasteiger charge is -2.23. The first-order valence-corrected chi connectivity index (χ1v) is 3.23. The van der Waals surface area contributed by atoms with Crippen molar-refractivity contribution < 1.29 is 14.5 Å². The van der Waals surface area contributed by atoms with Gasteiger partial charge < -0.3 is 9.57 Å². The molecule has 0 aromatic carbocycles. The van der Waals surface area contributed by atoms with E-state index in [1.807, 2.05) is 6.92 Å². The van der Waals surface area contributed by atoms with E-state index in [0.29, 0.717) is 4.90 Å². The lowest BCUT2D eigenvalue weighted by atomic mass is 10.1. The van der Waals surface area contributed by atoms with Gasteiger partial charge in [0, 0.05) is 24.4 Å². The Morgan fingerprint density at radius 1 is 1.80 bits per heavy atom. The molecule has 0 spiro atoms. The molecule has 4 heteroatoms. The molecule has 10 heavy (non-hydrogen) atoms. The molecule has 0 bridgehead atoms. The fourth-order valence-corrected chi connectivity index (χ4v) is 0.906. The molecule has 0 saturated heterocycles. The molecule has 1 heterocycles. The number of hydrogen-bond acceptors (Lipinski definition) is 3. The Kier molecular flexibility index (Phi) is 2.11. The van der Waals surface area contributed by atoms with Crippen LogP contribution in [0.25, 0.3) is 0 Å². The van der Waals surface area contributed by atoms with Crippen molar-refractivity contribution in [1.82, 2.24) is 0 Å². The Morgan fingerprint density at radius 2 is 2.50 bits per heavy atom. The zero-order valence-corrected chi connectivity index (χ0v) is 6.11. The first-order chi connectivity index (χ1) is 4.72. The largest absolute Gasteiger partial charge is 0.372 e. The van der Waals surface area contributed by atoms with Gasteiger partial charge in [-0.1, -0.05) is 6.92 Å². The minimum Gasteiger partial charge on any atom is -0.372 e. The number of nitrogens with zero attached hydrogens (tertiary/aromatic N) is 1. The van der Waals surface area contributed by atoms with Crippen LogP contribution in [0.5, 0.6) is 0 Å². The van der Waals surface area contributed by atoms with E-state index in [0.717, 1.165) is 6.42 Å². The maximum Gasteiger partial charge on any atom is 0.213 e. The average Bonchev–Trinajstić information content (AvgIpc) is 1.85. The summed E-state index contributed by atoms with van der Waals surface area (Å²) in [5.41, 5.74) is 0. The van der Waals surface area contributed by atoms with Crippen LogP contribution in [-0.2, 0) is 9.57 Å². The second-order valence-electron chi connectivity index (χ2n) is 2.42. The number of ether oxygens (including phenoxy) is 1. The molecular weight excluding hydrogens is 134 g/mol. The van der Waals surface area contributed by atoms with E-state index >= 15 is 0 Å². The highest BCUT2D eigenvalue weighted by atomic mass is 16.9. The predicted octanol–water partition coefficient (Wildman–Crippen LogP) is 0.511. The Morgan fingerprint density at radius 3 is 3.00 bits per heavy atom. The van der Waals surface area contributed by atoms with Gasteiger partial charge in [0.15, 0.2) is 6.29 Å². The standard InChI is InChI=1S/C6H11NO3/c1-5-3-6(9-2)10-7(8)4-5/h4-6H,3H2,1-2H3/t5-,6-/m0/s1. The quantitative estimate of drug-likeness (QED) is 0.505. The summed E-state index contributed by atoms with van der Waals surface area (Å²) in [5.74, 6) is 0.233. The van der Waals surface area contributed by atoms with Gasteiger partial charge in [-0.3, -0.25) is 5.21 Å². The van der Waals surface area contributed by atoms with Crippen LogP contribution in [0.1, 0.15) is 13.3 Å². The average molecular weight is 145 g/mol. The zero-order valence-electron chi connectivity index (χ0n) is 6.11. The summed E-state index contributed by atoms with van der Waals surface area (Å²) in [4.78, 5) is 5.17. The van der Waals surface area contributed by atoms with Gasteiger partial charge in [-0.15, -0.1) is 0 Å². The lowest BCUT2D eigenvalue weighted by molar-refractivity contribution is -0.768. The molecule has 0 fully saturated rings. The molecular formula is C6H11NO3. The van der Waals surface area contributed by atoms with Crippen LogP contribution >= 0.6 is 0 Å². The molecule has 0 saturated carbocycles. The highest BCUT2D eigenvalue weighted by molar-refractivity contribution is 5.54. The summed E-state index contributed by atoms with van der Waals surface area (Å²) in [6.45, 7) is 1.94. The molecule has 0 unspecified atom stereocenters. The van der Waals surface area contributed by atoms with Crippen molar-refractivity contribution in [3.05, 3.63) is 5.21 Å². The van der Waals surface area contributed by atoms with Crippen molar-refractivity contribution in [1.29, 1.82) is 0 Å². The predicted molar refractivity (Wildman–Crippen MR) is 35.4 cm³/mol. The summed E-state index contributed by atoms with van der Waals surface area (Å²) in [6, 6.07) is 0. The number of hydrogen-bond donors (Lipinski definition) is 0. The second-order valence-corrected chi connectivity index (χ2v) is 2.42. The highest BCUT2D eigenvalue weighted by Gasteiger charge is 2.19. The van der Waals surface area contributed by atoms with Crippen LogP contribution in [0.4, 0.5) is 0 Å². The Bertz CT molecular complexity index is 146. The SMILES string of the molecule is CO[C@@H]1C[C@H](C)C=[N+]([O-])O1. The van der Waals surface area contributed by atoms with Crippen molar-refractivity contribution in [3.63, 3.8) is 0 Å². The smallest absolute Gasteiger partial charge is 0.213 e. The molecule has 58 valence electrons. The van der Waals surface area contributed by atoms with E-state index in [4.69, 9.17) is 9.57 Å². The van der Waals surface area contributed by atoms with Crippen molar-refractivity contribution in [3.8, 4) is 0 Å². The second kappa shape index (κ2) is 2.88. The summed E-state index contributed by atoms with van der Waals surface area (Å²) in [7, 11) is 1.52. The third kappa shape index (κ3) is 1.60. The van der Waals surface area contributed by atoms with Crippen LogP contribution < -0.4 is 0 Å². The van der Waals surface area contributed by atoms with Crippen molar-refractivity contribution in [2.75, 3.05) is 7.11 Å². The van der Waals surface area contributed by atoms with Crippen LogP contribution in [0, 0.1) is 11.1 Å². The first-order valence-electron chi connectivity index (χ1n) is 3.23. The highest BCUT2D eigenvalue weighted by Crippen LogP contribution is 2.12. The van der Waals surface area contributed by atoms with Crippen LogP contribution in [0.2, 0.25) is 0 Å². The van der Waals surface area contributed by atoms with E-state index < -0.39 is 0 Å². The van der Waals surface area contributed by atoms with Gasteiger partial charge in [-0.2, -0.15) is 0 Å². The van der Waals surface area contributed by atoms with Gasteiger partial charge in [0.25, 0.3) is 0 Å². The Hall–Kier alpha value is -0.770. The maximum atomic E-state index is 10.6. The molecule has 2 atom stereocenters.